The highest BCUT2D eigenvalue weighted by atomic mass is 19.4. The van der Waals surface area contributed by atoms with Crippen LogP contribution in [0.15, 0.2) is 30.3 Å². The van der Waals surface area contributed by atoms with Crippen molar-refractivity contribution in [1.82, 2.24) is 4.57 Å². The maximum absolute atomic E-state index is 12.2. The van der Waals surface area contributed by atoms with E-state index < -0.39 is 30.6 Å². The summed E-state index contributed by atoms with van der Waals surface area (Å²) in [7, 11) is 0. The largest absolute Gasteiger partial charge is 0.573 e. The van der Waals surface area contributed by atoms with Crippen LogP contribution in [0.3, 0.4) is 0 Å². The molecule has 0 fully saturated rings. The van der Waals surface area contributed by atoms with Crippen molar-refractivity contribution < 1.29 is 32.2 Å². The van der Waals surface area contributed by atoms with Crippen molar-refractivity contribution in [2.75, 3.05) is 11.9 Å². The zero-order valence-electron chi connectivity index (χ0n) is 15.9. The molecule has 0 aliphatic heterocycles. The van der Waals surface area contributed by atoms with Gasteiger partial charge in [0.1, 0.15) is 5.75 Å². The van der Waals surface area contributed by atoms with Gasteiger partial charge in [-0.15, -0.1) is 13.2 Å². The topological polar surface area (TPSA) is 69.6 Å². The van der Waals surface area contributed by atoms with Crippen molar-refractivity contribution in [2.24, 2.45) is 0 Å². The Balaban J connectivity index is 1.92. The van der Waals surface area contributed by atoms with E-state index >= 15 is 0 Å². The lowest BCUT2D eigenvalue weighted by Gasteiger charge is -2.13. The van der Waals surface area contributed by atoms with Crippen molar-refractivity contribution in [1.29, 1.82) is 0 Å². The fourth-order valence-corrected chi connectivity index (χ4v) is 2.92. The number of rotatable bonds is 6. The Morgan fingerprint density at radius 1 is 1.14 bits per heavy atom. The highest BCUT2D eigenvalue weighted by Gasteiger charge is 2.31. The molecule has 1 heterocycles. The summed E-state index contributed by atoms with van der Waals surface area (Å²) >= 11 is 0. The van der Waals surface area contributed by atoms with E-state index in [0.717, 1.165) is 23.5 Å². The van der Waals surface area contributed by atoms with Gasteiger partial charge >= 0.3 is 12.3 Å². The number of benzene rings is 1. The predicted molar refractivity (Wildman–Crippen MR) is 96.3 cm³/mol. The molecule has 1 aromatic carbocycles. The quantitative estimate of drug-likeness (QED) is 0.734. The van der Waals surface area contributed by atoms with E-state index in [1.54, 1.807) is 13.0 Å². The normalized spacial score (nSPS) is 11.4. The molecule has 1 N–H and O–H groups in total. The number of aromatic nitrogens is 1. The van der Waals surface area contributed by atoms with Gasteiger partial charge in [-0.1, -0.05) is 0 Å². The molecule has 1 amide bonds. The lowest BCUT2D eigenvalue weighted by atomic mass is 10.2. The Morgan fingerprint density at radius 3 is 2.25 bits per heavy atom. The number of hydrogen-bond donors (Lipinski definition) is 1. The average molecular weight is 398 g/mol. The van der Waals surface area contributed by atoms with Crippen LogP contribution in [0.1, 0.15) is 41.6 Å². The zero-order valence-corrected chi connectivity index (χ0v) is 15.9. The van der Waals surface area contributed by atoms with E-state index in [-0.39, 0.29) is 11.7 Å². The van der Waals surface area contributed by atoms with Gasteiger partial charge in [-0.05, 0) is 58.0 Å². The number of amides is 1. The number of nitrogens with one attached hydrogen (secondary N) is 1. The van der Waals surface area contributed by atoms with E-state index in [1.165, 1.54) is 12.1 Å². The molecule has 0 saturated carbocycles. The fraction of sp³-hybridized carbons (Fsp3) is 0.368. The lowest BCUT2D eigenvalue weighted by Crippen LogP contribution is -2.21. The van der Waals surface area contributed by atoms with Gasteiger partial charge < -0.3 is 19.4 Å². The standard InChI is InChI=1S/C19H21F3N2O4/c1-11(2)24-12(3)9-16(13(24)4)18(26)27-10-17(25)23-14-5-7-15(8-6-14)28-19(20,21)22/h5-9,11H,10H2,1-4H3,(H,23,25). The Labute approximate surface area is 160 Å². The van der Waals surface area contributed by atoms with E-state index in [9.17, 15) is 22.8 Å². The van der Waals surface area contributed by atoms with Gasteiger partial charge in [0.15, 0.2) is 6.61 Å². The summed E-state index contributed by atoms with van der Waals surface area (Å²) in [5.74, 6) is -1.64. The van der Waals surface area contributed by atoms with Crippen LogP contribution >= 0.6 is 0 Å². The fourth-order valence-electron chi connectivity index (χ4n) is 2.92. The van der Waals surface area contributed by atoms with Gasteiger partial charge in [0, 0.05) is 23.1 Å². The third-order valence-electron chi connectivity index (χ3n) is 3.93. The Hall–Kier alpha value is -2.97. The van der Waals surface area contributed by atoms with Crippen LogP contribution in [0.5, 0.6) is 5.75 Å². The second kappa shape index (κ2) is 8.37. The molecule has 0 aliphatic carbocycles. The van der Waals surface area contributed by atoms with Crippen LogP contribution < -0.4 is 10.1 Å². The first-order chi connectivity index (χ1) is 13.0. The van der Waals surface area contributed by atoms with Crippen molar-refractivity contribution in [2.45, 2.75) is 40.1 Å². The van der Waals surface area contributed by atoms with Crippen LogP contribution in [-0.2, 0) is 9.53 Å². The van der Waals surface area contributed by atoms with Gasteiger partial charge in [-0.25, -0.2) is 4.79 Å². The molecule has 0 spiro atoms. The maximum Gasteiger partial charge on any atom is 0.573 e. The van der Waals surface area contributed by atoms with E-state index in [4.69, 9.17) is 4.74 Å². The number of nitrogens with zero attached hydrogens (tertiary/aromatic N) is 1. The van der Waals surface area contributed by atoms with Crippen LogP contribution in [0.25, 0.3) is 0 Å². The molecule has 1 aromatic heterocycles. The first kappa shape index (κ1) is 21.3. The molecule has 0 radical (unpaired) electrons. The Kier molecular flexibility index (Phi) is 6.37. The molecular weight excluding hydrogens is 377 g/mol. The third-order valence-corrected chi connectivity index (χ3v) is 3.93. The van der Waals surface area contributed by atoms with Crippen molar-refractivity contribution >= 4 is 17.6 Å². The molecule has 0 bridgehead atoms. The van der Waals surface area contributed by atoms with Crippen molar-refractivity contribution in [3.05, 3.63) is 47.3 Å². The molecule has 0 atom stereocenters. The maximum atomic E-state index is 12.2. The summed E-state index contributed by atoms with van der Waals surface area (Å²) in [6, 6.07) is 6.50. The molecule has 2 aromatic rings. The summed E-state index contributed by atoms with van der Waals surface area (Å²) in [4.78, 5) is 24.2. The molecular formula is C19H21F3N2O4. The number of esters is 1. The second-order valence-corrected chi connectivity index (χ2v) is 6.45. The second-order valence-electron chi connectivity index (χ2n) is 6.45. The molecule has 0 aliphatic rings. The number of halogens is 3. The number of aryl methyl sites for hydroxylation is 1. The molecule has 152 valence electrons. The van der Waals surface area contributed by atoms with Crippen LogP contribution in [-0.4, -0.2) is 29.4 Å². The summed E-state index contributed by atoms with van der Waals surface area (Å²) in [5, 5.41) is 2.43. The van der Waals surface area contributed by atoms with Crippen LogP contribution in [0.4, 0.5) is 18.9 Å². The number of alkyl halides is 3. The van der Waals surface area contributed by atoms with E-state index in [2.05, 4.69) is 10.1 Å². The smallest absolute Gasteiger partial charge is 0.452 e. The zero-order chi connectivity index (χ0) is 21.1. The predicted octanol–water partition coefficient (Wildman–Crippen LogP) is 4.38. The molecule has 6 nitrogen and oxygen atoms in total. The number of ether oxygens (including phenoxy) is 2. The minimum absolute atomic E-state index is 0.175. The summed E-state index contributed by atoms with van der Waals surface area (Å²) in [5.41, 5.74) is 2.28. The minimum Gasteiger partial charge on any atom is -0.452 e. The Bertz CT molecular complexity index is 855. The average Bonchev–Trinajstić information content (AvgIpc) is 2.88. The summed E-state index contributed by atoms with van der Waals surface area (Å²) in [6.45, 7) is 7.14. The first-order valence-corrected chi connectivity index (χ1v) is 8.49. The minimum atomic E-state index is -4.79. The molecule has 28 heavy (non-hydrogen) atoms. The number of anilines is 1. The molecule has 0 saturated heterocycles. The molecule has 0 unspecified atom stereocenters. The van der Waals surface area contributed by atoms with Gasteiger partial charge in [-0.3, -0.25) is 4.79 Å². The molecule has 9 heteroatoms. The molecule has 2 rings (SSSR count). The van der Waals surface area contributed by atoms with Crippen molar-refractivity contribution in [3.63, 3.8) is 0 Å². The van der Waals surface area contributed by atoms with Gasteiger partial charge in [0.2, 0.25) is 0 Å². The van der Waals surface area contributed by atoms with Crippen molar-refractivity contribution in [3.8, 4) is 5.75 Å². The summed E-state index contributed by atoms with van der Waals surface area (Å²) in [6.07, 6.45) is -4.79. The van der Waals surface area contributed by atoms with E-state index in [0.29, 0.717) is 5.56 Å². The number of hydrogen-bond acceptors (Lipinski definition) is 4. The van der Waals surface area contributed by atoms with Crippen LogP contribution in [0, 0.1) is 13.8 Å². The SMILES string of the molecule is Cc1cc(C(=O)OCC(=O)Nc2ccc(OC(F)(F)F)cc2)c(C)n1C(C)C. The first-order valence-electron chi connectivity index (χ1n) is 8.49. The van der Waals surface area contributed by atoms with Gasteiger partial charge in [0.05, 0.1) is 5.56 Å². The number of carbonyl (C=O) groups excluding carboxylic acids is 2. The third kappa shape index (κ3) is 5.51. The lowest BCUT2D eigenvalue weighted by molar-refractivity contribution is -0.274. The van der Waals surface area contributed by atoms with Gasteiger partial charge in [0.25, 0.3) is 5.91 Å². The van der Waals surface area contributed by atoms with E-state index in [1.807, 2.05) is 25.3 Å². The monoisotopic (exact) mass is 398 g/mol. The summed E-state index contributed by atoms with van der Waals surface area (Å²) < 4.78 is 47.2. The highest BCUT2D eigenvalue weighted by Crippen LogP contribution is 2.24. The Morgan fingerprint density at radius 2 is 1.75 bits per heavy atom. The highest BCUT2D eigenvalue weighted by molar-refractivity contribution is 5.96. The van der Waals surface area contributed by atoms with Crippen LogP contribution in [0.2, 0.25) is 0 Å². The number of carbonyl (C=O) groups is 2. The van der Waals surface area contributed by atoms with Gasteiger partial charge in [-0.2, -0.15) is 0 Å².